The number of likely N-dealkylation sites (tertiary alicyclic amines) is 1. The van der Waals surface area contributed by atoms with Crippen LogP contribution in [0.5, 0.6) is 0 Å². The molecule has 7 nitrogen and oxygen atoms in total. The Balaban J connectivity index is 1.34. The summed E-state index contributed by atoms with van der Waals surface area (Å²) in [6, 6.07) is 3.70. The van der Waals surface area contributed by atoms with Gasteiger partial charge in [0, 0.05) is 45.0 Å². The lowest BCUT2D eigenvalue weighted by Gasteiger charge is -2.27. The van der Waals surface area contributed by atoms with Crippen LogP contribution in [0, 0.1) is 17.8 Å². The van der Waals surface area contributed by atoms with Crippen molar-refractivity contribution in [2.45, 2.75) is 20.3 Å². The van der Waals surface area contributed by atoms with E-state index in [-0.39, 0.29) is 11.9 Å². The number of carbonyl (C=O) groups is 2. The molecule has 3 N–H and O–H groups in total. The number of amides is 3. The Morgan fingerprint density at radius 2 is 2.00 bits per heavy atom. The predicted molar refractivity (Wildman–Crippen MR) is 106 cm³/mol. The van der Waals surface area contributed by atoms with Gasteiger partial charge >= 0.3 is 6.03 Å². The number of carbonyl (C=O) groups excluding carboxylic acids is 2. The van der Waals surface area contributed by atoms with E-state index in [4.69, 9.17) is 5.73 Å². The third-order valence-electron chi connectivity index (χ3n) is 5.69. The van der Waals surface area contributed by atoms with Crippen molar-refractivity contribution in [2.24, 2.45) is 17.8 Å². The van der Waals surface area contributed by atoms with Gasteiger partial charge in [-0.2, -0.15) is 0 Å². The molecule has 1 aliphatic heterocycles. The van der Waals surface area contributed by atoms with Crippen molar-refractivity contribution in [3.63, 3.8) is 0 Å². The van der Waals surface area contributed by atoms with Gasteiger partial charge in [0.25, 0.3) is 0 Å². The van der Waals surface area contributed by atoms with E-state index in [0.29, 0.717) is 30.1 Å². The van der Waals surface area contributed by atoms with Crippen molar-refractivity contribution in [3.05, 3.63) is 30.0 Å². The quantitative estimate of drug-likeness (QED) is 0.715. The molecule has 27 heavy (non-hydrogen) atoms. The number of hydrogen-bond donors (Lipinski definition) is 2. The summed E-state index contributed by atoms with van der Waals surface area (Å²) in [6.07, 6.45) is 5.86. The molecule has 2 heterocycles. The van der Waals surface area contributed by atoms with Crippen molar-refractivity contribution >= 4 is 23.8 Å². The molecule has 3 amide bonds. The van der Waals surface area contributed by atoms with E-state index < -0.39 is 0 Å². The first-order chi connectivity index (χ1) is 13.0. The van der Waals surface area contributed by atoms with E-state index in [1.165, 1.54) is 6.08 Å². The largest absolute Gasteiger partial charge is 0.384 e. The van der Waals surface area contributed by atoms with Crippen LogP contribution in [0.25, 0.3) is 6.08 Å². The summed E-state index contributed by atoms with van der Waals surface area (Å²) < 4.78 is 0. The first-order valence-corrected chi connectivity index (χ1v) is 9.74. The molecule has 3 atom stereocenters. The highest BCUT2D eigenvalue weighted by Crippen LogP contribution is 2.53. The SMILES string of the molecule is CCN(CC)C(=O)N1C[C@@H]2C(CCNC(=O)/C=C/c3ccc(N)nc3)[C@@H]2C1. The van der Waals surface area contributed by atoms with E-state index in [2.05, 4.69) is 10.3 Å². The molecule has 1 aromatic rings. The fraction of sp³-hybridized carbons (Fsp3) is 0.550. The maximum Gasteiger partial charge on any atom is 0.319 e. The predicted octanol–water partition coefficient (Wildman–Crippen LogP) is 1.82. The van der Waals surface area contributed by atoms with Crippen molar-refractivity contribution in [1.29, 1.82) is 0 Å². The second kappa shape index (κ2) is 8.41. The molecule has 1 saturated heterocycles. The third kappa shape index (κ3) is 4.59. The molecular formula is C20H29N5O2. The Labute approximate surface area is 160 Å². The second-order valence-electron chi connectivity index (χ2n) is 7.28. The Morgan fingerprint density at radius 3 is 2.59 bits per heavy atom. The molecular weight excluding hydrogens is 342 g/mol. The smallest absolute Gasteiger partial charge is 0.319 e. The number of pyridine rings is 1. The molecule has 0 bridgehead atoms. The Bertz CT molecular complexity index is 687. The minimum atomic E-state index is -0.101. The van der Waals surface area contributed by atoms with E-state index in [1.807, 2.05) is 29.7 Å². The summed E-state index contributed by atoms with van der Waals surface area (Å²) in [5, 5.41) is 2.94. The maximum atomic E-state index is 12.4. The van der Waals surface area contributed by atoms with Gasteiger partial charge in [-0.3, -0.25) is 4.79 Å². The highest BCUT2D eigenvalue weighted by atomic mass is 16.2. The minimum Gasteiger partial charge on any atom is -0.384 e. The number of anilines is 1. The van der Waals surface area contributed by atoms with Crippen LogP contribution < -0.4 is 11.1 Å². The standard InChI is InChI=1S/C20H29N5O2/c1-3-24(4-2)20(27)25-12-16-15(17(16)13-25)9-10-22-19(26)8-6-14-5-7-18(21)23-11-14/h5-8,11,15-17H,3-4,9-10,12-13H2,1-2H3,(H2,21,23)(H,22,26)/b8-6+/t15?,16-,17+. The Morgan fingerprint density at radius 1 is 1.30 bits per heavy atom. The van der Waals surface area contributed by atoms with Crippen LogP contribution >= 0.6 is 0 Å². The lowest BCUT2D eigenvalue weighted by Crippen LogP contribution is -2.43. The zero-order chi connectivity index (χ0) is 19.4. The van der Waals surface area contributed by atoms with Crippen LogP contribution in [-0.2, 0) is 4.79 Å². The van der Waals surface area contributed by atoms with Gasteiger partial charge in [-0.1, -0.05) is 0 Å². The second-order valence-corrected chi connectivity index (χ2v) is 7.28. The number of rotatable bonds is 7. The number of nitrogens with zero attached hydrogens (tertiary/aromatic N) is 3. The molecule has 0 aromatic carbocycles. The van der Waals surface area contributed by atoms with Crippen LogP contribution in [0.15, 0.2) is 24.4 Å². The molecule has 7 heteroatoms. The van der Waals surface area contributed by atoms with Crippen molar-refractivity contribution in [2.75, 3.05) is 38.5 Å². The van der Waals surface area contributed by atoms with Crippen LogP contribution in [-0.4, -0.2) is 59.4 Å². The molecule has 1 unspecified atom stereocenters. The number of fused-ring (bicyclic) bond motifs is 1. The van der Waals surface area contributed by atoms with Crippen LogP contribution in [0.2, 0.25) is 0 Å². The van der Waals surface area contributed by atoms with Gasteiger partial charge in [-0.05, 0) is 61.8 Å². The lowest BCUT2D eigenvalue weighted by atomic mass is 10.2. The molecule has 1 aromatic heterocycles. The summed E-state index contributed by atoms with van der Waals surface area (Å²) in [5.41, 5.74) is 6.38. The van der Waals surface area contributed by atoms with Crippen molar-refractivity contribution in [3.8, 4) is 0 Å². The zero-order valence-corrected chi connectivity index (χ0v) is 16.1. The number of aromatic nitrogens is 1. The van der Waals surface area contributed by atoms with Gasteiger partial charge in [0.1, 0.15) is 5.82 Å². The molecule has 146 valence electrons. The summed E-state index contributed by atoms with van der Waals surface area (Å²) in [6.45, 7) is 7.95. The zero-order valence-electron chi connectivity index (χ0n) is 16.1. The first kappa shape index (κ1) is 19.2. The summed E-state index contributed by atoms with van der Waals surface area (Å²) in [7, 11) is 0. The lowest BCUT2D eigenvalue weighted by molar-refractivity contribution is -0.116. The van der Waals surface area contributed by atoms with Crippen LogP contribution in [0.3, 0.4) is 0 Å². The van der Waals surface area contributed by atoms with Crippen LogP contribution in [0.4, 0.5) is 10.6 Å². The molecule has 2 fully saturated rings. The van der Waals surface area contributed by atoms with Gasteiger partial charge in [0.2, 0.25) is 5.91 Å². The van der Waals surface area contributed by atoms with Gasteiger partial charge in [-0.25, -0.2) is 9.78 Å². The molecule has 3 rings (SSSR count). The topological polar surface area (TPSA) is 91.6 Å². The Kier molecular flexibility index (Phi) is 5.98. The van der Waals surface area contributed by atoms with E-state index in [9.17, 15) is 9.59 Å². The van der Waals surface area contributed by atoms with Crippen LogP contribution in [0.1, 0.15) is 25.8 Å². The van der Waals surface area contributed by atoms with Gasteiger partial charge in [0.05, 0.1) is 0 Å². The average molecular weight is 371 g/mol. The number of nitrogen functional groups attached to an aromatic ring is 1. The highest BCUT2D eigenvalue weighted by molar-refractivity contribution is 5.91. The minimum absolute atomic E-state index is 0.101. The van der Waals surface area contributed by atoms with E-state index in [1.54, 1.807) is 18.3 Å². The monoisotopic (exact) mass is 371 g/mol. The van der Waals surface area contributed by atoms with Crippen molar-refractivity contribution in [1.82, 2.24) is 20.1 Å². The third-order valence-corrected chi connectivity index (χ3v) is 5.69. The van der Waals surface area contributed by atoms with Gasteiger partial charge < -0.3 is 20.9 Å². The van der Waals surface area contributed by atoms with Gasteiger partial charge in [-0.15, -0.1) is 0 Å². The normalized spacial score (nSPS) is 23.3. The maximum absolute atomic E-state index is 12.4. The van der Waals surface area contributed by atoms with E-state index in [0.717, 1.165) is 38.2 Å². The summed E-state index contributed by atoms with van der Waals surface area (Å²) in [5.74, 6) is 2.21. The summed E-state index contributed by atoms with van der Waals surface area (Å²) in [4.78, 5) is 32.1. The summed E-state index contributed by atoms with van der Waals surface area (Å²) >= 11 is 0. The molecule has 0 spiro atoms. The van der Waals surface area contributed by atoms with E-state index >= 15 is 0 Å². The first-order valence-electron chi connectivity index (χ1n) is 9.74. The number of nitrogens with two attached hydrogens (primary N) is 1. The number of urea groups is 1. The molecule has 0 radical (unpaired) electrons. The number of piperidine rings is 1. The fourth-order valence-corrected chi connectivity index (χ4v) is 4.04. The van der Waals surface area contributed by atoms with Gasteiger partial charge in [0.15, 0.2) is 0 Å². The molecule has 1 aliphatic carbocycles. The number of hydrogen-bond acceptors (Lipinski definition) is 4. The highest BCUT2D eigenvalue weighted by Gasteiger charge is 2.56. The number of nitrogens with one attached hydrogen (secondary N) is 1. The fourth-order valence-electron chi connectivity index (χ4n) is 4.04. The van der Waals surface area contributed by atoms with Crippen molar-refractivity contribution < 1.29 is 9.59 Å². The molecule has 1 saturated carbocycles. The Hall–Kier alpha value is -2.57. The average Bonchev–Trinajstić information content (AvgIpc) is 3.11. The molecule has 2 aliphatic rings.